The Labute approximate surface area is 174 Å². The minimum Gasteiger partial charge on any atom is -0.393 e. The average molecular weight is 403 g/mol. The maximum atomic E-state index is 6.47. The van der Waals surface area contributed by atoms with Crippen molar-refractivity contribution >= 4 is 40.4 Å². The molecule has 0 fully saturated rings. The molecule has 0 saturated heterocycles. The molecule has 0 aliphatic heterocycles. The topological polar surface area (TPSA) is 80.0 Å². The van der Waals surface area contributed by atoms with Gasteiger partial charge in [0.1, 0.15) is 17.8 Å². The molecule has 0 bridgehead atoms. The molecule has 0 spiro atoms. The molecule has 29 heavy (non-hydrogen) atoms. The molecule has 0 aliphatic rings. The molecular weight excluding hydrogens is 384 g/mol. The SMILES string of the molecule is Nc1c(Nc2ccccc2Cl)ncnc1N(Cc1ccccc1)c1ccccn1. The smallest absolute Gasteiger partial charge is 0.163 e. The first-order valence-corrected chi connectivity index (χ1v) is 9.44. The van der Waals surface area contributed by atoms with Crippen molar-refractivity contribution in [3.8, 4) is 0 Å². The fraction of sp³-hybridized carbons (Fsp3) is 0.0455. The van der Waals surface area contributed by atoms with Gasteiger partial charge >= 0.3 is 0 Å². The third-order valence-electron chi connectivity index (χ3n) is 4.35. The molecule has 0 unspecified atom stereocenters. The van der Waals surface area contributed by atoms with Crippen molar-refractivity contribution in [1.29, 1.82) is 0 Å². The van der Waals surface area contributed by atoms with Gasteiger partial charge in [-0.1, -0.05) is 60.1 Å². The van der Waals surface area contributed by atoms with Crippen molar-refractivity contribution in [3.63, 3.8) is 0 Å². The van der Waals surface area contributed by atoms with Crippen molar-refractivity contribution in [2.24, 2.45) is 0 Å². The molecule has 0 amide bonds. The van der Waals surface area contributed by atoms with Crippen LogP contribution in [0.1, 0.15) is 5.56 Å². The number of benzene rings is 2. The van der Waals surface area contributed by atoms with Crippen LogP contribution in [0.25, 0.3) is 0 Å². The Morgan fingerprint density at radius 2 is 1.62 bits per heavy atom. The van der Waals surface area contributed by atoms with Crippen LogP contribution in [0.5, 0.6) is 0 Å². The maximum Gasteiger partial charge on any atom is 0.163 e. The number of aromatic nitrogens is 3. The zero-order chi connectivity index (χ0) is 20.1. The summed E-state index contributed by atoms with van der Waals surface area (Å²) in [7, 11) is 0. The van der Waals surface area contributed by atoms with Crippen molar-refractivity contribution in [2.45, 2.75) is 6.54 Å². The van der Waals surface area contributed by atoms with Crippen LogP contribution in [0, 0.1) is 0 Å². The lowest BCUT2D eigenvalue weighted by Crippen LogP contribution is -2.21. The van der Waals surface area contributed by atoms with E-state index in [1.807, 2.05) is 59.5 Å². The molecule has 0 radical (unpaired) electrons. The first-order valence-electron chi connectivity index (χ1n) is 9.07. The number of nitrogens with one attached hydrogen (secondary N) is 1. The predicted molar refractivity (Wildman–Crippen MR) is 118 cm³/mol. The Morgan fingerprint density at radius 1 is 0.862 bits per heavy atom. The molecule has 4 aromatic rings. The Balaban J connectivity index is 1.74. The van der Waals surface area contributed by atoms with Crippen LogP contribution in [-0.4, -0.2) is 15.0 Å². The summed E-state index contributed by atoms with van der Waals surface area (Å²) >= 11 is 6.26. The standard InChI is InChI=1S/C22H19ClN6/c23-17-10-4-5-11-18(17)28-21-20(24)22(27-15-26-21)29(19-12-6-7-13-25-19)14-16-8-2-1-3-9-16/h1-13,15H,14,24H2,(H,26,27,28). The molecule has 4 rings (SSSR count). The largest absolute Gasteiger partial charge is 0.393 e. The first-order chi connectivity index (χ1) is 14.2. The Hall–Kier alpha value is -3.64. The fourth-order valence-corrected chi connectivity index (χ4v) is 3.12. The van der Waals surface area contributed by atoms with Crippen LogP contribution in [0.3, 0.4) is 0 Å². The normalized spacial score (nSPS) is 10.5. The van der Waals surface area contributed by atoms with E-state index in [1.165, 1.54) is 6.33 Å². The molecule has 2 aromatic carbocycles. The van der Waals surface area contributed by atoms with Gasteiger partial charge in [-0.05, 0) is 29.8 Å². The van der Waals surface area contributed by atoms with E-state index in [1.54, 1.807) is 12.3 Å². The van der Waals surface area contributed by atoms with Gasteiger partial charge in [-0.25, -0.2) is 15.0 Å². The Kier molecular flexibility index (Phi) is 5.54. The lowest BCUT2D eigenvalue weighted by molar-refractivity contribution is 0.918. The number of para-hydroxylation sites is 1. The summed E-state index contributed by atoms with van der Waals surface area (Å²) in [4.78, 5) is 15.2. The quantitative estimate of drug-likeness (QED) is 0.462. The van der Waals surface area contributed by atoms with Gasteiger partial charge in [-0.2, -0.15) is 0 Å². The number of halogens is 1. The third-order valence-corrected chi connectivity index (χ3v) is 4.68. The third kappa shape index (κ3) is 4.28. The second-order valence-electron chi connectivity index (χ2n) is 6.32. The number of hydrogen-bond acceptors (Lipinski definition) is 6. The van der Waals surface area contributed by atoms with E-state index in [2.05, 4.69) is 32.4 Å². The van der Waals surface area contributed by atoms with Crippen LogP contribution in [0.2, 0.25) is 5.02 Å². The minimum absolute atomic E-state index is 0.411. The van der Waals surface area contributed by atoms with E-state index in [4.69, 9.17) is 17.3 Å². The number of nitrogens with zero attached hydrogens (tertiary/aromatic N) is 4. The second-order valence-corrected chi connectivity index (χ2v) is 6.73. The second kappa shape index (κ2) is 8.58. The van der Waals surface area contributed by atoms with Crippen LogP contribution in [-0.2, 0) is 6.54 Å². The maximum absolute atomic E-state index is 6.47. The highest BCUT2D eigenvalue weighted by molar-refractivity contribution is 6.33. The lowest BCUT2D eigenvalue weighted by atomic mass is 10.2. The van der Waals surface area contributed by atoms with Crippen molar-refractivity contribution in [1.82, 2.24) is 15.0 Å². The highest BCUT2D eigenvalue weighted by Gasteiger charge is 2.19. The van der Waals surface area contributed by atoms with Gasteiger partial charge in [-0.3, -0.25) is 0 Å². The zero-order valence-electron chi connectivity index (χ0n) is 15.5. The summed E-state index contributed by atoms with van der Waals surface area (Å²) in [6, 6.07) is 23.2. The van der Waals surface area contributed by atoms with Gasteiger partial charge in [0.05, 0.1) is 17.3 Å². The van der Waals surface area contributed by atoms with Crippen molar-refractivity contribution < 1.29 is 0 Å². The Morgan fingerprint density at radius 3 is 2.38 bits per heavy atom. The summed E-state index contributed by atoms with van der Waals surface area (Å²) in [5.41, 5.74) is 8.71. The minimum atomic E-state index is 0.411. The number of pyridine rings is 1. The van der Waals surface area contributed by atoms with Gasteiger partial charge in [0.2, 0.25) is 0 Å². The number of anilines is 5. The predicted octanol–water partition coefficient (Wildman–Crippen LogP) is 5.19. The van der Waals surface area contributed by atoms with Crippen LogP contribution < -0.4 is 16.0 Å². The fourth-order valence-electron chi connectivity index (χ4n) is 2.93. The molecule has 0 saturated carbocycles. The molecular formula is C22H19ClN6. The summed E-state index contributed by atoms with van der Waals surface area (Å²) in [6.07, 6.45) is 3.22. The lowest BCUT2D eigenvalue weighted by Gasteiger charge is -2.25. The van der Waals surface area contributed by atoms with E-state index in [0.717, 1.165) is 17.1 Å². The average Bonchev–Trinajstić information content (AvgIpc) is 2.77. The molecule has 2 heterocycles. The molecule has 2 aromatic heterocycles. The summed E-state index contributed by atoms with van der Waals surface area (Å²) < 4.78 is 0. The van der Waals surface area contributed by atoms with Crippen LogP contribution in [0.15, 0.2) is 85.3 Å². The molecule has 0 aliphatic carbocycles. The van der Waals surface area contributed by atoms with Gasteiger partial charge < -0.3 is 16.0 Å². The van der Waals surface area contributed by atoms with Gasteiger partial charge in [-0.15, -0.1) is 0 Å². The molecule has 7 heteroatoms. The van der Waals surface area contributed by atoms with Crippen molar-refractivity contribution in [3.05, 3.63) is 95.9 Å². The monoisotopic (exact) mass is 402 g/mol. The Bertz CT molecular complexity index is 1090. The van der Waals surface area contributed by atoms with E-state index in [0.29, 0.717) is 28.9 Å². The highest BCUT2D eigenvalue weighted by Crippen LogP contribution is 2.34. The van der Waals surface area contributed by atoms with Gasteiger partial charge in [0, 0.05) is 6.20 Å². The number of rotatable bonds is 6. The molecule has 6 nitrogen and oxygen atoms in total. The first kappa shape index (κ1) is 18.7. The summed E-state index contributed by atoms with van der Waals surface area (Å²) in [5, 5.41) is 3.78. The summed E-state index contributed by atoms with van der Waals surface area (Å²) in [5.74, 6) is 1.79. The number of hydrogen-bond donors (Lipinski definition) is 2. The van der Waals surface area contributed by atoms with Crippen LogP contribution >= 0.6 is 11.6 Å². The highest BCUT2D eigenvalue weighted by atomic mass is 35.5. The van der Waals surface area contributed by atoms with E-state index < -0.39 is 0 Å². The van der Waals surface area contributed by atoms with Crippen molar-refractivity contribution in [2.75, 3.05) is 16.0 Å². The van der Waals surface area contributed by atoms with Gasteiger partial charge in [0.25, 0.3) is 0 Å². The van der Waals surface area contributed by atoms with E-state index in [-0.39, 0.29) is 0 Å². The number of nitrogens with two attached hydrogens (primary N) is 1. The zero-order valence-corrected chi connectivity index (χ0v) is 16.3. The van der Waals surface area contributed by atoms with E-state index >= 15 is 0 Å². The molecule has 0 atom stereocenters. The molecule has 3 N–H and O–H groups in total. The summed E-state index contributed by atoms with van der Waals surface area (Å²) in [6.45, 7) is 0.560. The van der Waals surface area contributed by atoms with Gasteiger partial charge in [0.15, 0.2) is 11.6 Å². The van der Waals surface area contributed by atoms with E-state index in [9.17, 15) is 0 Å². The molecule has 144 valence electrons. The number of nitrogen functional groups attached to an aromatic ring is 1. The van der Waals surface area contributed by atoms with Crippen LogP contribution in [0.4, 0.5) is 28.8 Å².